The number of rotatable bonds is 5. The van der Waals surface area contributed by atoms with Crippen LogP contribution in [0, 0.1) is 0 Å². The van der Waals surface area contributed by atoms with Crippen LogP contribution in [0.1, 0.15) is 22.3 Å². The number of pyridine rings is 1. The average Bonchev–Trinajstić information content (AvgIpc) is 2.95. The minimum absolute atomic E-state index is 0.0161. The Hall–Kier alpha value is -4.04. The fourth-order valence-electron chi connectivity index (χ4n) is 3.37. The van der Waals surface area contributed by atoms with E-state index in [1.807, 2.05) is 6.07 Å². The third-order valence-corrected chi connectivity index (χ3v) is 5.18. The van der Waals surface area contributed by atoms with Gasteiger partial charge in [0, 0.05) is 16.9 Å². The zero-order chi connectivity index (χ0) is 23.4. The molecule has 166 valence electrons. The lowest BCUT2D eigenvalue weighted by atomic mass is 10.1. The molecule has 2 heterocycles. The van der Waals surface area contributed by atoms with Gasteiger partial charge in [0.05, 0.1) is 24.8 Å². The fraction of sp³-hybridized carbons (Fsp3) is 0.125. The van der Waals surface area contributed by atoms with E-state index in [-0.39, 0.29) is 18.9 Å². The van der Waals surface area contributed by atoms with Gasteiger partial charge in [0.2, 0.25) is 11.8 Å². The normalized spacial score (nSPS) is 13.0. The second kappa shape index (κ2) is 9.62. The van der Waals surface area contributed by atoms with E-state index in [9.17, 15) is 14.4 Å². The number of amides is 2. The van der Waals surface area contributed by atoms with Crippen molar-refractivity contribution in [2.45, 2.75) is 6.42 Å². The van der Waals surface area contributed by atoms with Crippen LogP contribution in [0.2, 0.25) is 5.02 Å². The summed E-state index contributed by atoms with van der Waals surface area (Å²) in [7, 11) is 1.30. The van der Waals surface area contributed by atoms with E-state index < -0.39 is 11.9 Å². The molecule has 0 fully saturated rings. The maximum Gasteiger partial charge on any atom is 0.337 e. The number of aromatic nitrogens is 1. The third kappa shape index (κ3) is 5.07. The lowest BCUT2D eigenvalue weighted by molar-refractivity contribution is -0.120. The molecule has 1 aromatic heterocycles. The van der Waals surface area contributed by atoms with Crippen molar-refractivity contribution in [3.63, 3.8) is 0 Å². The maximum atomic E-state index is 13.1. The van der Waals surface area contributed by atoms with E-state index in [2.05, 4.69) is 20.0 Å². The van der Waals surface area contributed by atoms with Crippen molar-refractivity contribution in [1.29, 1.82) is 0 Å². The monoisotopic (exact) mass is 462 g/mol. The topological polar surface area (TPSA) is 101 Å². The van der Waals surface area contributed by atoms with E-state index in [4.69, 9.17) is 11.6 Å². The van der Waals surface area contributed by atoms with Crippen LogP contribution in [0.4, 0.5) is 17.2 Å². The first kappa shape index (κ1) is 22.2. The number of halogens is 1. The van der Waals surface area contributed by atoms with Crippen molar-refractivity contribution in [3.8, 4) is 0 Å². The van der Waals surface area contributed by atoms with Gasteiger partial charge in [-0.15, -0.1) is 0 Å². The van der Waals surface area contributed by atoms with Crippen molar-refractivity contribution in [2.24, 2.45) is 4.99 Å². The molecule has 3 aromatic rings. The maximum absolute atomic E-state index is 13.1. The van der Waals surface area contributed by atoms with Crippen molar-refractivity contribution >= 4 is 52.3 Å². The molecule has 9 heteroatoms. The Balaban J connectivity index is 1.55. The first-order valence-electron chi connectivity index (χ1n) is 10.0. The first-order valence-corrected chi connectivity index (χ1v) is 10.4. The Morgan fingerprint density at radius 3 is 2.64 bits per heavy atom. The second-order valence-corrected chi connectivity index (χ2v) is 7.63. The Kier molecular flexibility index (Phi) is 6.46. The molecule has 33 heavy (non-hydrogen) atoms. The average molecular weight is 463 g/mol. The standard InChI is InChI=1S/C24H19ClN4O4/c1-33-24(32)15-7-9-18(10-8-15)27-21(30)14-29-22(31)13-20(16-4-2-5-17(25)12-16)28-19-6-3-11-26-23(19)29/h2-12H,13-14H2,1H3,(H,27,30). The summed E-state index contributed by atoms with van der Waals surface area (Å²) in [6.07, 6.45) is 1.53. The molecule has 0 spiro atoms. The van der Waals surface area contributed by atoms with Crippen LogP contribution < -0.4 is 10.2 Å². The number of carbonyl (C=O) groups excluding carboxylic acids is 3. The Morgan fingerprint density at radius 1 is 1.12 bits per heavy atom. The number of esters is 1. The van der Waals surface area contributed by atoms with E-state index in [0.717, 1.165) is 5.56 Å². The highest BCUT2D eigenvalue weighted by atomic mass is 35.5. The Labute approximate surface area is 194 Å². The molecule has 1 N–H and O–H groups in total. The molecule has 0 unspecified atom stereocenters. The second-order valence-electron chi connectivity index (χ2n) is 7.19. The molecule has 0 radical (unpaired) electrons. The van der Waals surface area contributed by atoms with Crippen molar-refractivity contribution in [2.75, 3.05) is 23.9 Å². The quantitative estimate of drug-likeness (QED) is 0.577. The van der Waals surface area contributed by atoms with Crippen LogP contribution in [0.25, 0.3) is 0 Å². The number of hydrogen-bond acceptors (Lipinski definition) is 6. The van der Waals surface area contributed by atoms with Crippen LogP contribution in [-0.4, -0.2) is 42.1 Å². The number of nitrogens with zero attached hydrogens (tertiary/aromatic N) is 3. The van der Waals surface area contributed by atoms with Gasteiger partial charge in [-0.2, -0.15) is 0 Å². The van der Waals surface area contributed by atoms with Gasteiger partial charge in [-0.25, -0.2) is 14.8 Å². The summed E-state index contributed by atoms with van der Waals surface area (Å²) in [5.74, 6) is -0.906. The summed E-state index contributed by atoms with van der Waals surface area (Å²) in [6, 6.07) is 16.8. The predicted octanol–water partition coefficient (Wildman–Crippen LogP) is 4.02. The van der Waals surface area contributed by atoms with E-state index in [1.54, 1.807) is 60.8 Å². The molecule has 0 saturated carbocycles. The van der Waals surface area contributed by atoms with Crippen molar-refractivity contribution in [3.05, 3.63) is 83.0 Å². The van der Waals surface area contributed by atoms with Crippen molar-refractivity contribution in [1.82, 2.24) is 4.98 Å². The summed E-state index contributed by atoms with van der Waals surface area (Å²) in [6.45, 7) is -0.250. The first-order chi connectivity index (χ1) is 15.9. The number of benzene rings is 2. The zero-order valence-electron chi connectivity index (χ0n) is 17.6. The minimum Gasteiger partial charge on any atom is -0.465 e. The number of anilines is 2. The Bertz CT molecular complexity index is 1260. The molecular formula is C24H19ClN4O4. The zero-order valence-corrected chi connectivity index (χ0v) is 18.4. The molecule has 8 nitrogen and oxygen atoms in total. The van der Waals surface area contributed by atoms with E-state index in [1.165, 1.54) is 12.0 Å². The number of aliphatic imine (C=N–C) groups is 1. The van der Waals surface area contributed by atoms with Gasteiger partial charge in [0.15, 0.2) is 5.82 Å². The number of ether oxygens (including phenoxy) is 1. The number of hydrogen-bond donors (Lipinski definition) is 1. The largest absolute Gasteiger partial charge is 0.465 e. The minimum atomic E-state index is -0.471. The smallest absolute Gasteiger partial charge is 0.337 e. The van der Waals surface area contributed by atoms with E-state index in [0.29, 0.717) is 33.5 Å². The van der Waals surface area contributed by atoms with Gasteiger partial charge in [0.25, 0.3) is 0 Å². The van der Waals surface area contributed by atoms with Crippen LogP contribution in [0.5, 0.6) is 0 Å². The summed E-state index contributed by atoms with van der Waals surface area (Å²) in [4.78, 5) is 47.7. The van der Waals surface area contributed by atoms with Gasteiger partial charge < -0.3 is 10.1 Å². The van der Waals surface area contributed by atoms with Crippen LogP contribution in [-0.2, 0) is 14.3 Å². The van der Waals surface area contributed by atoms with Gasteiger partial charge >= 0.3 is 5.97 Å². The van der Waals surface area contributed by atoms with Gasteiger partial charge in [-0.3, -0.25) is 14.5 Å². The fourth-order valence-corrected chi connectivity index (χ4v) is 3.56. The molecular weight excluding hydrogens is 444 g/mol. The summed E-state index contributed by atoms with van der Waals surface area (Å²) >= 11 is 6.11. The molecule has 0 bridgehead atoms. The summed E-state index contributed by atoms with van der Waals surface area (Å²) in [5, 5.41) is 3.26. The molecule has 1 aliphatic heterocycles. The molecule has 4 rings (SSSR count). The SMILES string of the molecule is COC(=O)c1ccc(NC(=O)CN2C(=O)CC(c3cccc(Cl)c3)=Nc3cccnc32)cc1. The number of fused-ring (bicyclic) bond motifs is 1. The number of nitrogens with one attached hydrogen (secondary N) is 1. The Morgan fingerprint density at radius 2 is 1.91 bits per heavy atom. The summed E-state index contributed by atoms with van der Waals surface area (Å²) in [5.41, 5.74) is 2.59. The van der Waals surface area contributed by atoms with Gasteiger partial charge in [-0.05, 0) is 54.1 Å². The third-order valence-electron chi connectivity index (χ3n) is 4.95. The van der Waals surface area contributed by atoms with Gasteiger partial charge in [-0.1, -0.05) is 23.7 Å². The summed E-state index contributed by atoms with van der Waals surface area (Å²) < 4.78 is 4.67. The molecule has 2 amide bonds. The molecule has 0 atom stereocenters. The van der Waals surface area contributed by atoms with Crippen LogP contribution in [0.15, 0.2) is 71.9 Å². The molecule has 1 aliphatic rings. The predicted molar refractivity (Wildman–Crippen MR) is 125 cm³/mol. The highest BCUT2D eigenvalue weighted by Crippen LogP contribution is 2.31. The molecule has 2 aromatic carbocycles. The van der Waals surface area contributed by atoms with Crippen LogP contribution in [0.3, 0.4) is 0 Å². The van der Waals surface area contributed by atoms with Gasteiger partial charge in [0.1, 0.15) is 12.2 Å². The number of methoxy groups -OCH3 is 1. The van der Waals surface area contributed by atoms with Crippen LogP contribution >= 0.6 is 11.6 Å². The highest BCUT2D eigenvalue weighted by Gasteiger charge is 2.27. The lowest BCUT2D eigenvalue weighted by Crippen LogP contribution is -2.39. The van der Waals surface area contributed by atoms with Crippen molar-refractivity contribution < 1.29 is 19.1 Å². The molecule has 0 aliphatic carbocycles. The lowest BCUT2D eigenvalue weighted by Gasteiger charge is -2.20. The van der Waals surface area contributed by atoms with E-state index >= 15 is 0 Å². The highest BCUT2D eigenvalue weighted by molar-refractivity contribution is 6.31. The molecule has 0 saturated heterocycles. The number of carbonyl (C=O) groups is 3.